The molecule has 2 unspecified atom stereocenters. The number of aryl methyl sites for hydroxylation is 1. The van der Waals surface area contributed by atoms with Crippen LogP contribution in [-0.4, -0.2) is 62.7 Å². The van der Waals surface area contributed by atoms with E-state index in [-0.39, 0.29) is 0 Å². The first kappa shape index (κ1) is 15.4. The predicted molar refractivity (Wildman–Crippen MR) is 69.9 cm³/mol. The molecule has 6 nitrogen and oxygen atoms in total. The van der Waals surface area contributed by atoms with E-state index in [9.17, 15) is 20.4 Å². The molecule has 5 atom stereocenters. The Labute approximate surface area is 116 Å². The zero-order valence-corrected chi connectivity index (χ0v) is 11.2. The van der Waals surface area contributed by atoms with E-state index in [2.05, 4.69) is 0 Å². The summed E-state index contributed by atoms with van der Waals surface area (Å²) in [4.78, 5) is 0. The summed E-state index contributed by atoms with van der Waals surface area (Å²) in [7, 11) is 0. The van der Waals surface area contributed by atoms with Crippen molar-refractivity contribution in [3.8, 4) is 0 Å². The maximum atomic E-state index is 10.4. The van der Waals surface area contributed by atoms with Gasteiger partial charge in [-0.1, -0.05) is 29.8 Å². The molecular formula is C14H20O6. The van der Waals surface area contributed by atoms with Crippen molar-refractivity contribution in [1.29, 1.82) is 0 Å². The summed E-state index contributed by atoms with van der Waals surface area (Å²) in [5, 5.41) is 48.6. The van der Waals surface area contributed by atoms with Crippen LogP contribution in [0, 0.1) is 6.92 Å². The van der Waals surface area contributed by atoms with Gasteiger partial charge in [0.15, 0.2) is 0 Å². The van der Waals surface area contributed by atoms with Gasteiger partial charge in [0.25, 0.3) is 0 Å². The third-order valence-electron chi connectivity index (χ3n) is 3.77. The zero-order chi connectivity index (χ0) is 14.9. The maximum Gasteiger partial charge on any atom is 0.146 e. The Balaban J connectivity index is 2.34. The fraction of sp³-hybridized carbons (Fsp3) is 0.571. The Kier molecular flexibility index (Phi) is 4.43. The molecule has 1 heterocycles. The van der Waals surface area contributed by atoms with E-state index in [1.54, 1.807) is 12.1 Å². The lowest BCUT2D eigenvalue weighted by Crippen LogP contribution is -2.50. The second kappa shape index (κ2) is 5.77. The number of ether oxygens (including phenoxy) is 1. The lowest BCUT2D eigenvalue weighted by atomic mass is 9.86. The third kappa shape index (κ3) is 2.46. The van der Waals surface area contributed by atoms with E-state index < -0.39 is 43.2 Å². The molecule has 1 aliphatic heterocycles. The largest absolute Gasteiger partial charge is 0.394 e. The maximum absolute atomic E-state index is 10.4. The summed E-state index contributed by atoms with van der Waals surface area (Å²) in [5.74, 6) is 0. The summed E-state index contributed by atoms with van der Waals surface area (Å²) in [6.07, 6.45) is -4.97. The molecule has 0 aliphatic carbocycles. The van der Waals surface area contributed by atoms with Gasteiger partial charge >= 0.3 is 0 Å². The lowest BCUT2D eigenvalue weighted by Gasteiger charge is -2.29. The molecule has 0 saturated carbocycles. The average molecular weight is 284 g/mol. The van der Waals surface area contributed by atoms with Gasteiger partial charge in [0, 0.05) is 0 Å². The van der Waals surface area contributed by atoms with E-state index >= 15 is 0 Å². The minimum atomic E-state index is -1.92. The van der Waals surface area contributed by atoms with E-state index in [0.717, 1.165) is 5.56 Å². The van der Waals surface area contributed by atoms with E-state index in [1.807, 2.05) is 19.1 Å². The number of hydrogen-bond donors (Lipinski definition) is 5. The first-order chi connectivity index (χ1) is 9.43. The molecule has 2 rings (SSSR count). The fourth-order valence-corrected chi connectivity index (χ4v) is 2.48. The van der Waals surface area contributed by atoms with Gasteiger partial charge in [0.2, 0.25) is 0 Å². The van der Waals surface area contributed by atoms with Crippen molar-refractivity contribution in [1.82, 2.24) is 0 Å². The molecule has 112 valence electrons. The van der Waals surface area contributed by atoms with Gasteiger partial charge in [-0.15, -0.1) is 0 Å². The molecule has 6 heteroatoms. The molecular weight excluding hydrogens is 264 g/mol. The molecule has 1 aromatic carbocycles. The summed E-state index contributed by atoms with van der Waals surface area (Å²) < 4.78 is 5.49. The van der Waals surface area contributed by atoms with Crippen molar-refractivity contribution in [2.75, 3.05) is 13.2 Å². The van der Waals surface area contributed by atoms with Crippen molar-refractivity contribution >= 4 is 0 Å². The van der Waals surface area contributed by atoms with Crippen molar-refractivity contribution in [3.05, 3.63) is 35.4 Å². The van der Waals surface area contributed by atoms with Crippen LogP contribution >= 0.6 is 0 Å². The van der Waals surface area contributed by atoms with Crippen LogP contribution in [0.25, 0.3) is 0 Å². The minimum Gasteiger partial charge on any atom is -0.394 e. The second-order valence-electron chi connectivity index (χ2n) is 5.24. The highest BCUT2D eigenvalue weighted by molar-refractivity contribution is 5.27. The number of hydrogen-bond acceptors (Lipinski definition) is 6. The first-order valence-corrected chi connectivity index (χ1v) is 6.46. The van der Waals surface area contributed by atoms with Gasteiger partial charge in [-0.25, -0.2) is 0 Å². The quantitative estimate of drug-likeness (QED) is 0.479. The van der Waals surface area contributed by atoms with Gasteiger partial charge in [-0.3, -0.25) is 0 Å². The normalized spacial score (nSPS) is 35.2. The van der Waals surface area contributed by atoms with Crippen molar-refractivity contribution in [3.63, 3.8) is 0 Å². The predicted octanol–water partition coefficient (Wildman–Crippen LogP) is -1.13. The van der Waals surface area contributed by atoms with Crippen LogP contribution in [0.4, 0.5) is 0 Å². The van der Waals surface area contributed by atoms with Gasteiger partial charge < -0.3 is 30.3 Å². The number of rotatable bonds is 4. The van der Waals surface area contributed by atoms with E-state index in [1.165, 1.54) is 0 Å². The number of benzene rings is 1. The van der Waals surface area contributed by atoms with Crippen LogP contribution in [0.15, 0.2) is 24.3 Å². The molecule has 0 bridgehead atoms. The Morgan fingerprint density at radius 3 is 2.35 bits per heavy atom. The third-order valence-corrected chi connectivity index (χ3v) is 3.77. The SMILES string of the molecule is Cc1ccc(C2O[C@H](C(O)CO)[C@H](O)[C@@]2(O)CO)cc1. The van der Waals surface area contributed by atoms with Gasteiger partial charge in [0.05, 0.1) is 13.2 Å². The molecule has 0 amide bonds. The molecule has 0 aromatic heterocycles. The molecule has 20 heavy (non-hydrogen) atoms. The van der Waals surface area contributed by atoms with Gasteiger partial charge in [-0.05, 0) is 12.5 Å². The van der Waals surface area contributed by atoms with Crippen molar-refractivity contribution in [2.45, 2.75) is 36.9 Å². The van der Waals surface area contributed by atoms with Gasteiger partial charge in [-0.2, -0.15) is 0 Å². The summed E-state index contributed by atoms with van der Waals surface area (Å²) in [6, 6.07) is 7.08. The fourth-order valence-electron chi connectivity index (χ4n) is 2.48. The zero-order valence-electron chi connectivity index (χ0n) is 11.2. The van der Waals surface area contributed by atoms with Crippen LogP contribution in [0.1, 0.15) is 17.2 Å². The Bertz CT molecular complexity index is 447. The molecule has 5 N–H and O–H groups in total. The van der Waals surface area contributed by atoms with E-state index in [0.29, 0.717) is 5.56 Å². The Hall–Kier alpha value is -1.02. The average Bonchev–Trinajstić information content (AvgIpc) is 2.73. The standard InChI is InChI=1S/C14H20O6/c1-8-2-4-9(5-3-8)13-14(19,7-16)12(18)11(20-13)10(17)6-15/h2-5,10-13,15-19H,6-7H2,1H3/t10?,11-,12+,13?,14+/m1/s1. The van der Waals surface area contributed by atoms with Gasteiger partial charge in [0.1, 0.15) is 30.0 Å². The summed E-state index contributed by atoms with van der Waals surface area (Å²) in [6.45, 7) is 0.579. The minimum absolute atomic E-state index is 0.582. The molecule has 0 spiro atoms. The van der Waals surface area contributed by atoms with E-state index in [4.69, 9.17) is 9.84 Å². The molecule has 1 saturated heterocycles. The summed E-state index contributed by atoms with van der Waals surface area (Å²) in [5.41, 5.74) is -0.318. The van der Waals surface area contributed by atoms with Crippen LogP contribution in [0.5, 0.6) is 0 Å². The molecule has 0 radical (unpaired) electrons. The van der Waals surface area contributed by atoms with Crippen molar-refractivity contribution in [2.24, 2.45) is 0 Å². The highest BCUT2D eigenvalue weighted by Gasteiger charge is 2.57. The lowest BCUT2D eigenvalue weighted by molar-refractivity contribution is -0.110. The number of aliphatic hydroxyl groups is 5. The molecule has 1 aromatic rings. The highest BCUT2D eigenvalue weighted by Crippen LogP contribution is 2.42. The molecule has 1 aliphatic rings. The van der Waals surface area contributed by atoms with Crippen LogP contribution in [0.2, 0.25) is 0 Å². The molecule has 1 fully saturated rings. The second-order valence-corrected chi connectivity index (χ2v) is 5.24. The monoisotopic (exact) mass is 284 g/mol. The van der Waals surface area contributed by atoms with Crippen LogP contribution < -0.4 is 0 Å². The Morgan fingerprint density at radius 2 is 1.85 bits per heavy atom. The topological polar surface area (TPSA) is 110 Å². The number of aliphatic hydroxyl groups excluding tert-OH is 4. The van der Waals surface area contributed by atoms with Crippen LogP contribution in [-0.2, 0) is 4.74 Å². The van der Waals surface area contributed by atoms with Crippen molar-refractivity contribution < 1.29 is 30.3 Å². The first-order valence-electron chi connectivity index (χ1n) is 6.46. The summed E-state index contributed by atoms with van der Waals surface area (Å²) >= 11 is 0. The van der Waals surface area contributed by atoms with Crippen LogP contribution in [0.3, 0.4) is 0 Å². The Morgan fingerprint density at radius 1 is 1.25 bits per heavy atom. The highest BCUT2D eigenvalue weighted by atomic mass is 16.6. The smallest absolute Gasteiger partial charge is 0.146 e.